The van der Waals surface area contributed by atoms with Crippen molar-refractivity contribution >= 4 is 12.0 Å². The van der Waals surface area contributed by atoms with E-state index in [-0.39, 0.29) is 11.7 Å². The number of hydrogen-bond donors (Lipinski definition) is 2. The molecule has 0 fully saturated rings. The van der Waals surface area contributed by atoms with Crippen LogP contribution in [0.15, 0.2) is 60.7 Å². The Kier molecular flexibility index (Phi) is 5.59. The van der Waals surface area contributed by atoms with E-state index in [4.69, 9.17) is 5.11 Å². The first kappa shape index (κ1) is 14.9. The average Bonchev–Trinajstić information content (AvgIpc) is 2.52. The molecule has 0 atom stereocenters. The van der Waals surface area contributed by atoms with Gasteiger partial charge in [0.1, 0.15) is 5.75 Å². The summed E-state index contributed by atoms with van der Waals surface area (Å²) in [5.41, 5.74) is 2.17. The number of phenolic OH excluding ortho intramolecular Hbond substituents is 1. The maximum Gasteiger partial charge on any atom is 0.243 e. The van der Waals surface area contributed by atoms with Crippen molar-refractivity contribution in [3.05, 3.63) is 71.8 Å². The number of amides is 1. The molecule has 3 nitrogen and oxygen atoms in total. The van der Waals surface area contributed by atoms with Crippen LogP contribution < -0.4 is 5.32 Å². The Morgan fingerprint density at radius 2 is 1.76 bits per heavy atom. The number of benzene rings is 2. The summed E-state index contributed by atoms with van der Waals surface area (Å²) in [6.45, 7) is 0.660. The van der Waals surface area contributed by atoms with Crippen LogP contribution in [0.1, 0.15) is 17.5 Å². The molecule has 0 aliphatic rings. The van der Waals surface area contributed by atoms with Crippen LogP contribution in [0, 0.1) is 0 Å². The summed E-state index contributed by atoms with van der Waals surface area (Å²) in [4.78, 5) is 11.6. The number of carbonyl (C=O) groups excluding carboxylic acids is 1. The molecule has 108 valence electrons. The highest BCUT2D eigenvalue weighted by atomic mass is 16.3. The first-order chi connectivity index (χ1) is 10.2. The van der Waals surface area contributed by atoms with Crippen LogP contribution in [0.25, 0.3) is 6.08 Å². The maximum atomic E-state index is 11.6. The van der Waals surface area contributed by atoms with E-state index >= 15 is 0 Å². The first-order valence-corrected chi connectivity index (χ1v) is 7.03. The predicted molar refractivity (Wildman–Crippen MR) is 84.9 cm³/mol. The second-order valence-electron chi connectivity index (χ2n) is 4.81. The molecule has 2 aromatic carbocycles. The predicted octanol–water partition coefficient (Wildman–Crippen LogP) is 3.15. The highest BCUT2D eigenvalue weighted by Gasteiger charge is 1.96. The molecule has 0 aliphatic heterocycles. The molecule has 0 unspecified atom stereocenters. The van der Waals surface area contributed by atoms with Gasteiger partial charge in [-0.15, -0.1) is 0 Å². The molecule has 0 radical (unpaired) electrons. The monoisotopic (exact) mass is 281 g/mol. The van der Waals surface area contributed by atoms with E-state index in [0.29, 0.717) is 6.54 Å². The van der Waals surface area contributed by atoms with E-state index in [1.807, 2.05) is 18.2 Å². The third-order valence-corrected chi connectivity index (χ3v) is 3.10. The first-order valence-electron chi connectivity index (χ1n) is 7.03. The van der Waals surface area contributed by atoms with E-state index in [1.165, 1.54) is 11.6 Å². The van der Waals surface area contributed by atoms with Crippen LogP contribution in [-0.4, -0.2) is 17.6 Å². The van der Waals surface area contributed by atoms with Crippen LogP contribution in [0.4, 0.5) is 0 Å². The molecule has 1 amide bonds. The summed E-state index contributed by atoms with van der Waals surface area (Å²) in [5, 5.41) is 12.0. The number of carbonyl (C=O) groups is 1. The number of aromatic hydroxyl groups is 1. The molecule has 0 saturated heterocycles. The van der Waals surface area contributed by atoms with Crippen LogP contribution in [0.5, 0.6) is 5.75 Å². The normalized spacial score (nSPS) is 10.7. The number of nitrogens with one attached hydrogen (secondary N) is 1. The molecule has 21 heavy (non-hydrogen) atoms. The summed E-state index contributed by atoms with van der Waals surface area (Å²) in [6, 6.07) is 16.9. The zero-order valence-corrected chi connectivity index (χ0v) is 11.8. The fourth-order valence-corrected chi connectivity index (χ4v) is 1.97. The van der Waals surface area contributed by atoms with Crippen molar-refractivity contribution in [3.8, 4) is 5.75 Å². The van der Waals surface area contributed by atoms with E-state index in [0.717, 1.165) is 18.4 Å². The highest BCUT2D eigenvalue weighted by Crippen LogP contribution is 2.10. The molecular formula is C18H19NO2. The molecule has 2 N–H and O–H groups in total. The topological polar surface area (TPSA) is 49.3 Å². The lowest BCUT2D eigenvalue weighted by Crippen LogP contribution is -2.22. The van der Waals surface area contributed by atoms with E-state index in [2.05, 4.69) is 17.4 Å². The van der Waals surface area contributed by atoms with Crippen LogP contribution in [0.3, 0.4) is 0 Å². The summed E-state index contributed by atoms with van der Waals surface area (Å²) < 4.78 is 0. The van der Waals surface area contributed by atoms with Crippen molar-refractivity contribution in [3.63, 3.8) is 0 Å². The van der Waals surface area contributed by atoms with E-state index < -0.39 is 0 Å². The van der Waals surface area contributed by atoms with E-state index in [9.17, 15) is 4.79 Å². The van der Waals surface area contributed by atoms with Crippen LogP contribution in [0.2, 0.25) is 0 Å². The van der Waals surface area contributed by atoms with Crippen molar-refractivity contribution in [2.75, 3.05) is 6.54 Å². The minimum atomic E-state index is -0.101. The number of aryl methyl sites for hydroxylation is 1. The van der Waals surface area contributed by atoms with Crippen molar-refractivity contribution < 1.29 is 9.90 Å². The molecule has 0 saturated carbocycles. The molecule has 3 heteroatoms. The maximum absolute atomic E-state index is 11.6. The van der Waals surface area contributed by atoms with Crippen molar-refractivity contribution in [2.45, 2.75) is 12.8 Å². The Morgan fingerprint density at radius 1 is 1.05 bits per heavy atom. The fourth-order valence-electron chi connectivity index (χ4n) is 1.97. The van der Waals surface area contributed by atoms with Gasteiger partial charge in [0.05, 0.1) is 0 Å². The molecule has 0 bridgehead atoms. The summed E-state index contributed by atoms with van der Waals surface area (Å²) in [5.74, 6) is 0.119. The number of hydrogen-bond acceptors (Lipinski definition) is 2. The van der Waals surface area contributed by atoms with Crippen molar-refractivity contribution in [1.82, 2.24) is 5.32 Å². The van der Waals surface area contributed by atoms with Gasteiger partial charge in [0.15, 0.2) is 0 Å². The van der Waals surface area contributed by atoms with Crippen LogP contribution in [-0.2, 0) is 11.2 Å². The average molecular weight is 281 g/mol. The van der Waals surface area contributed by atoms with Gasteiger partial charge < -0.3 is 10.4 Å². The number of phenols is 1. The lowest BCUT2D eigenvalue weighted by molar-refractivity contribution is -0.116. The van der Waals surface area contributed by atoms with Crippen molar-refractivity contribution in [2.24, 2.45) is 0 Å². The van der Waals surface area contributed by atoms with Gasteiger partial charge in [-0.25, -0.2) is 0 Å². The smallest absolute Gasteiger partial charge is 0.243 e. The van der Waals surface area contributed by atoms with Gasteiger partial charge in [-0.2, -0.15) is 0 Å². The molecule has 0 aliphatic carbocycles. The summed E-state index contributed by atoms with van der Waals surface area (Å²) in [7, 11) is 0. The Balaban J connectivity index is 1.69. The molecule has 2 aromatic rings. The second kappa shape index (κ2) is 7.90. The van der Waals surface area contributed by atoms with Gasteiger partial charge in [-0.1, -0.05) is 42.5 Å². The number of rotatable bonds is 6. The molecule has 0 heterocycles. The zero-order valence-electron chi connectivity index (χ0n) is 11.8. The minimum Gasteiger partial charge on any atom is -0.508 e. The Morgan fingerprint density at radius 3 is 2.48 bits per heavy atom. The van der Waals surface area contributed by atoms with Gasteiger partial charge in [0.25, 0.3) is 0 Å². The third-order valence-electron chi connectivity index (χ3n) is 3.10. The molecule has 0 aromatic heterocycles. The lowest BCUT2D eigenvalue weighted by atomic mass is 10.1. The summed E-state index contributed by atoms with van der Waals surface area (Å²) >= 11 is 0. The highest BCUT2D eigenvalue weighted by molar-refractivity contribution is 5.91. The Hall–Kier alpha value is -2.55. The lowest BCUT2D eigenvalue weighted by Gasteiger charge is -2.02. The summed E-state index contributed by atoms with van der Waals surface area (Å²) in [6.07, 6.45) is 5.12. The van der Waals surface area contributed by atoms with Crippen LogP contribution >= 0.6 is 0 Å². The van der Waals surface area contributed by atoms with Gasteiger partial charge >= 0.3 is 0 Å². The van der Waals surface area contributed by atoms with Gasteiger partial charge in [-0.05, 0) is 42.2 Å². The van der Waals surface area contributed by atoms with Gasteiger partial charge in [-0.3, -0.25) is 4.79 Å². The molecule has 2 rings (SSSR count). The largest absolute Gasteiger partial charge is 0.508 e. The second-order valence-corrected chi connectivity index (χ2v) is 4.81. The molecular weight excluding hydrogens is 262 g/mol. The standard InChI is InChI=1S/C18H19NO2/c20-17-11-8-16(9-12-17)10-13-18(21)19-14-4-7-15-5-2-1-3-6-15/h1-3,5-6,8-13,20H,4,7,14H2,(H,19,21)/b13-10+. The van der Waals surface area contributed by atoms with Crippen molar-refractivity contribution in [1.29, 1.82) is 0 Å². The Bertz CT molecular complexity index is 588. The van der Waals surface area contributed by atoms with Gasteiger partial charge in [0.2, 0.25) is 5.91 Å². The molecule has 0 spiro atoms. The Labute approximate surface area is 124 Å². The quantitative estimate of drug-likeness (QED) is 0.631. The SMILES string of the molecule is O=C(/C=C/c1ccc(O)cc1)NCCCc1ccccc1. The third kappa shape index (κ3) is 5.53. The zero-order chi connectivity index (χ0) is 14.9. The van der Waals surface area contributed by atoms with E-state index in [1.54, 1.807) is 30.3 Å². The van der Waals surface area contributed by atoms with Gasteiger partial charge in [0, 0.05) is 12.6 Å². The fraction of sp³-hybridized carbons (Fsp3) is 0.167. The minimum absolute atomic E-state index is 0.101.